The van der Waals surface area contributed by atoms with Crippen LogP contribution in [0.15, 0.2) is 42.9 Å². The Morgan fingerprint density at radius 1 is 1.18 bits per heavy atom. The molecule has 1 atom stereocenters. The van der Waals surface area contributed by atoms with E-state index in [1.165, 1.54) is 0 Å². The molecule has 1 spiro atoms. The lowest BCUT2D eigenvalue weighted by Gasteiger charge is -2.59. The van der Waals surface area contributed by atoms with Gasteiger partial charge in [-0.15, -0.1) is 5.10 Å². The van der Waals surface area contributed by atoms with Crippen LogP contribution in [-0.4, -0.2) is 44.1 Å². The molecule has 4 aromatic rings. The fraction of sp³-hybridized carbons (Fsp3) is 0.417. The number of aromatic nitrogens is 5. The molecule has 170 valence electrons. The molecule has 2 aliphatic rings. The van der Waals surface area contributed by atoms with E-state index in [-0.39, 0.29) is 23.8 Å². The van der Waals surface area contributed by atoms with Crippen molar-refractivity contribution in [1.29, 1.82) is 0 Å². The number of halogens is 2. The van der Waals surface area contributed by atoms with Gasteiger partial charge in [-0.05, 0) is 60.8 Å². The number of anilines is 1. The van der Waals surface area contributed by atoms with Gasteiger partial charge in [-0.25, -0.2) is 13.3 Å². The van der Waals surface area contributed by atoms with Crippen LogP contribution in [0.5, 0.6) is 5.88 Å². The van der Waals surface area contributed by atoms with Gasteiger partial charge in [0.05, 0.1) is 18.1 Å². The molecular formula is C24H24F2N6O. The van der Waals surface area contributed by atoms with E-state index < -0.39 is 6.43 Å². The lowest BCUT2D eigenvalue weighted by molar-refractivity contribution is -0.0828. The predicted molar refractivity (Wildman–Crippen MR) is 120 cm³/mol. The minimum absolute atomic E-state index is 0.0233. The number of alkyl halides is 2. The Hall–Kier alpha value is -3.36. The summed E-state index contributed by atoms with van der Waals surface area (Å²) in [5, 5.41) is 8.03. The standard InChI is InChI=1S/C24H24F2N6O/c1-33-22-21-17(14-2-3-18-19(10-14)28-8-7-27-18)5-9-32(21)31-23(30-22)29-16-12-24(13-16)6-4-15(24)11-20(25)26/h2-3,5,7-10,15-16,20H,4,6,11-13H2,1H3,(H,29,31). The average molecular weight is 450 g/mol. The molecule has 0 radical (unpaired) electrons. The SMILES string of the molecule is COc1nc(NC2CC3(CCC3CC(F)F)C2)nn2ccc(-c3ccc4nccnc4c3)c12. The number of hydrogen-bond acceptors (Lipinski definition) is 6. The molecule has 0 amide bonds. The first-order valence-electron chi connectivity index (χ1n) is 11.2. The zero-order valence-electron chi connectivity index (χ0n) is 18.2. The van der Waals surface area contributed by atoms with Crippen LogP contribution in [0.2, 0.25) is 0 Å². The minimum Gasteiger partial charge on any atom is -0.479 e. The zero-order chi connectivity index (χ0) is 22.6. The van der Waals surface area contributed by atoms with Gasteiger partial charge in [-0.1, -0.05) is 6.07 Å². The second kappa shape index (κ2) is 7.60. The molecule has 2 aliphatic carbocycles. The molecule has 7 nitrogen and oxygen atoms in total. The highest BCUT2D eigenvalue weighted by Gasteiger charge is 2.55. The quantitative estimate of drug-likeness (QED) is 0.447. The highest BCUT2D eigenvalue weighted by molar-refractivity contribution is 5.89. The molecule has 0 saturated heterocycles. The van der Waals surface area contributed by atoms with Crippen LogP contribution in [0.25, 0.3) is 27.7 Å². The first-order chi connectivity index (χ1) is 16.0. The molecule has 2 fully saturated rings. The second-order valence-corrected chi connectivity index (χ2v) is 9.20. The first-order valence-corrected chi connectivity index (χ1v) is 11.2. The molecule has 1 unspecified atom stereocenters. The fourth-order valence-electron chi connectivity index (χ4n) is 5.64. The Kier molecular flexibility index (Phi) is 4.67. The van der Waals surface area contributed by atoms with Gasteiger partial charge in [0.15, 0.2) is 0 Å². The van der Waals surface area contributed by atoms with E-state index in [0.717, 1.165) is 53.4 Å². The van der Waals surface area contributed by atoms with E-state index in [9.17, 15) is 8.78 Å². The lowest BCUT2D eigenvalue weighted by atomic mass is 9.47. The van der Waals surface area contributed by atoms with Crippen molar-refractivity contribution in [3.8, 4) is 17.0 Å². The topological polar surface area (TPSA) is 77.2 Å². The number of rotatable bonds is 6. The molecule has 3 aromatic heterocycles. The fourth-order valence-corrected chi connectivity index (χ4v) is 5.64. The summed E-state index contributed by atoms with van der Waals surface area (Å²) in [5.74, 6) is 1.10. The Balaban J connectivity index is 1.25. The predicted octanol–water partition coefficient (Wildman–Crippen LogP) is 4.97. The third kappa shape index (κ3) is 3.37. The summed E-state index contributed by atoms with van der Waals surface area (Å²) in [5.41, 5.74) is 4.42. The van der Waals surface area contributed by atoms with Gasteiger partial charge in [-0.3, -0.25) is 9.97 Å². The molecule has 0 bridgehead atoms. The molecule has 3 heterocycles. The maximum absolute atomic E-state index is 12.8. The van der Waals surface area contributed by atoms with Gasteiger partial charge in [0.2, 0.25) is 18.3 Å². The Bertz CT molecular complexity index is 1330. The molecule has 6 rings (SSSR count). The average Bonchev–Trinajstić information content (AvgIpc) is 3.22. The van der Waals surface area contributed by atoms with Gasteiger partial charge in [0, 0.05) is 36.6 Å². The van der Waals surface area contributed by atoms with E-state index in [0.29, 0.717) is 11.8 Å². The molecule has 33 heavy (non-hydrogen) atoms. The summed E-state index contributed by atoms with van der Waals surface area (Å²) in [6, 6.07) is 8.11. The van der Waals surface area contributed by atoms with Gasteiger partial charge < -0.3 is 10.1 Å². The second-order valence-electron chi connectivity index (χ2n) is 9.20. The third-order valence-electron chi connectivity index (χ3n) is 7.41. The third-order valence-corrected chi connectivity index (χ3v) is 7.41. The van der Waals surface area contributed by atoms with Crippen molar-refractivity contribution in [1.82, 2.24) is 24.6 Å². The van der Waals surface area contributed by atoms with Crippen LogP contribution in [0, 0.1) is 11.3 Å². The van der Waals surface area contributed by atoms with E-state index in [4.69, 9.17) is 4.74 Å². The smallest absolute Gasteiger partial charge is 0.244 e. The normalized spacial score (nSPS) is 24.2. The number of ether oxygens (including phenoxy) is 1. The number of nitrogens with zero attached hydrogens (tertiary/aromatic N) is 5. The van der Waals surface area contributed by atoms with E-state index in [1.807, 2.05) is 30.5 Å². The Morgan fingerprint density at radius 2 is 2.00 bits per heavy atom. The monoisotopic (exact) mass is 450 g/mol. The van der Waals surface area contributed by atoms with Crippen LogP contribution >= 0.6 is 0 Å². The van der Waals surface area contributed by atoms with Crippen LogP contribution in [0.3, 0.4) is 0 Å². The maximum atomic E-state index is 12.8. The van der Waals surface area contributed by atoms with Gasteiger partial charge in [-0.2, -0.15) is 4.98 Å². The van der Waals surface area contributed by atoms with Crippen LogP contribution in [0.1, 0.15) is 32.1 Å². The summed E-state index contributed by atoms with van der Waals surface area (Å²) in [4.78, 5) is 13.3. The summed E-state index contributed by atoms with van der Waals surface area (Å²) < 4.78 is 33.0. The molecule has 0 aliphatic heterocycles. The van der Waals surface area contributed by atoms with Crippen molar-refractivity contribution in [2.24, 2.45) is 11.3 Å². The van der Waals surface area contributed by atoms with Crippen molar-refractivity contribution in [3.05, 3.63) is 42.9 Å². The van der Waals surface area contributed by atoms with Crippen molar-refractivity contribution >= 4 is 22.5 Å². The molecule has 1 N–H and O–H groups in total. The summed E-state index contributed by atoms with van der Waals surface area (Å²) in [6.45, 7) is 0. The Morgan fingerprint density at radius 3 is 2.73 bits per heavy atom. The number of methoxy groups -OCH3 is 1. The number of nitrogens with one attached hydrogen (secondary N) is 1. The largest absolute Gasteiger partial charge is 0.479 e. The number of benzene rings is 1. The van der Waals surface area contributed by atoms with E-state index in [2.05, 4.69) is 25.4 Å². The van der Waals surface area contributed by atoms with Crippen LogP contribution in [0.4, 0.5) is 14.7 Å². The van der Waals surface area contributed by atoms with Crippen LogP contribution in [-0.2, 0) is 0 Å². The van der Waals surface area contributed by atoms with E-state index >= 15 is 0 Å². The summed E-state index contributed by atoms with van der Waals surface area (Å²) >= 11 is 0. The first kappa shape index (κ1) is 20.3. The molecule has 2 saturated carbocycles. The van der Waals surface area contributed by atoms with Crippen LogP contribution < -0.4 is 10.1 Å². The molecular weight excluding hydrogens is 426 g/mol. The van der Waals surface area contributed by atoms with Crippen molar-refractivity contribution in [2.75, 3.05) is 12.4 Å². The maximum Gasteiger partial charge on any atom is 0.244 e. The number of fused-ring (bicyclic) bond motifs is 2. The zero-order valence-corrected chi connectivity index (χ0v) is 18.2. The summed E-state index contributed by atoms with van der Waals surface area (Å²) in [7, 11) is 1.59. The highest BCUT2D eigenvalue weighted by Crippen LogP contribution is 2.61. The van der Waals surface area contributed by atoms with Gasteiger partial charge in [0.1, 0.15) is 5.52 Å². The Labute approximate surface area is 189 Å². The van der Waals surface area contributed by atoms with Gasteiger partial charge in [0.25, 0.3) is 0 Å². The van der Waals surface area contributed by atoms with Crippen molar-refractivity contribution in [2.45, 2.75) is 44.6 Å². The number of hydrogen-bond donors (Lipinski definition) is 1. The molecule has 9 heteroatoms. The highest BCUT2D eigenvalue weighted by atomic mass is 19.3. The lowest BCUT2D eigenvalue weighted by Crippen LogP contribution is -2.55. The van der Waals surface area contributed by atoms with Crippen molar-refractivity contribution < 1.29 is 13.5 Å². The molecule has 1 aromatic carbocycles. The van der Waals surface area contributed by atoms with E-state index in [1.54, 1.807) is 24.0 Å². The van der Waals surface area contributed by atoms with Gasteiger partial charge >= 0.3 is 0 Å². The minimum atomic E-state index is -2.22. The summed E-state index contributed by atoms with van der Waals surface area (Å²) in [6.07, 6.45) is 6.79. The van der Waals surface area contributed by atoms with Crippen molar-refractivity contribution in [3.63, 3.8) is 0 Å².